The van der Waals surface area contributed by atoms with E-state index < -0.39 is 19.4 Å². The Kier molecular flexibility index (Phi) is 4.23. The number of hydrogen-bond donors (Lipinski definition) is 0. The van der Waals surface area contributed by atoms with Crippen molar-refractivity contribution in [2.45, 2.75) is 33.0 Å². The minimum atomic E-state index is -3.72. The van der Waals surface area contributed by atoms with E-state index >= 15 is 0 Å². The molecule has 6 heteroatoms. The van der Waals surface area contributed by atoms with Gasteiger partial charge >= 0.3 is 10.4 Å². The third-order valence-corrected chi connectivity index (χ3v) is 3.72. The van der Waals surface area contributed by atoms with Crippen LogP contribution >= 0.6 is 0 Å². The number of hydrogen-bond acceptors (Lipinski definition) is 4. The highest BCUT2D eigenvalue weighted by Crippen LogP contribution is 2.02. The van der Waals surface area contributed by atoms with Gasteiger partial charge in [0, 0.05) is 0 Å². The van der Waals surface area contributed by atoms with Crippen molar-refractivity contribution in [1.82, 2.24) is 0 Å². The molecule has 0 aliphatic rings. The van der Waals surface area contributed by atoms with Gasteiger partial charge in [-0.15, -0.1) is 0 Å². The van der Waals surface area contributed by atoms with Crippen molar-refractivity contribution in [3.63, 3.8) is 0 Å². The molecule has 0 radical (unpaired) electrons. The second kappa shape index (κ2) is 4.20. The van der Waals surface area contributed by atoms with Crippen molar-refractivity contribution in [2.75, 3.05) is 0 Å². The van der Waals surface area contributed by atoms with Crippen LogP contribution in [0.2, 0.25) is 13.1 Å². The Balaban J connectivity index is 4.03. The van der Waals surface area contributed by atoms with Crippen molar-refractivity contribution in [2.24, 2.45) is 0 Å². The Morgan fingerprint density at radius 1 is 1.27 bits per heavy atom. The summed E-state index contributed by atoms with van der Waals surface area (Å²) in [5.74, 6) is 0. The van der Waals surface area contributed by atoms with Crippen LogP contribution in [0.15, 0.2) is 0 Å². The maximum Gasteiger partial charge on any atom is 0.390 e. The molecule has 0 rings (SSSR count). The van der Waals surface area contributed by atoms with Crippen LogP contribution in [0.4, 0.5) is 0 Å². The molecular weight excluding hydrogens is 184 g/mol. The second-order valence-electron chi connectivity index (χ2n) is 2.70. The van der Waals surface area contributed by atoms with E-state index in [-0.39, 0.29) is 6.10 Å². The molecule has 0 spiro atoms. The highest BCUT2D eigenvalue weighted by Gasteiger charge is 2.15. The molecular formula is C5H14O4SSi. The van der Waals surface area contributed by atoms with Crippen LogP contribution in [-0.4, -0.2) is 23.6 Å². The van der Waals surface area contributed by atoms with Gasteiger partial charge in [-0.2, -0.15) is 8.42 Å². The molecule has 0 aromatic rings. The van der Waals surface area contributed by atoms with Crippen molar-refractivity contribution >= 4 is 19.4 Å². The van der Waals surface area contributed by atoms with Gasteiger partial charge in [0.15, 0.2) is 9.04 Å². The SMILES string of the molecule is CC(C)OS(=O)(=O)O[SiH](C)C. The van der Waals surface area contributed by atoms with Gasteiger partial charge in [-0.1, -0.05) is 0 Å². The Hall–Kier alpha value is 0.0869. The molecule has 4 nitrogen and oxygen atoms in total. The quantitative estimate of drug-likeness (QED) is 0.623. The lowest BCUT2D eigenvalue weighted by Crippen LogP contribution is -2.20. The van der Waals surface area contributed by atoms with Crippen molar-refractivity contribution in [3.8, 4) is 0 Å². The maximum atomic E-state index is 10.8. The van der Waals surface area contributed by atoms with E-state index in [1.807, 2.05) is 0 Å². The molecule has 0 bridgehead atoms. The molecule has 0 aliphatic carbocycles. The Bertz CT molecular complexity index is 181. The zero-order chi connectivity index (χ0) is 9.07. The summed E-state index contributed by atoms with van der Waals surface area (Å²) >= 11 is 0. The zero-order valence-corrected chi connectivity index (χ0v) is 9.17. The minimum Gasteiger partial charge on any atom is -0.298 e. The van der Waals surface area contributed by atoms with Crippen molar-refractivity contribution < 1.29 is 16.5 Å². The average Bonchev–Trinajstić information content (AvgIpc) is 1.53. The fourth-order valence-electron chi connectivity index (χ4n) is 0.494. The van der Waals surface area contributed by atoms with Gasteiger partial charge in [-0.3, -0.25) is 3.87 Å². The number of rotatable bonds is 4. The maximum absolute atomic E-state index is 10.8. The second-order valence-corrected chi connectivity index (χ2v) is 6.57. The fourth-order valence-corrected chi connectivity index (χ4v) is 3.03. The summed E-state index contributed by atoms with van der Waals surface area (Å²) in [5, 5.41) is 0. The van der Waals surface area contributed by atoms with Crippen LogP contribution in [0.3, 0.4) is 0 Å². The first-order valence-corrected chi connectivity index (χ1v) is 7.56. The van der Waals surface area contributed by atoms with E-state index in [0.29, 0.717) is 0 Å². The van der Waals surface area contributed by atoms with Crippen LogP contribution in [0, 0.1) is 0 Å². The predicted octanol–water partition coefficient (Wildman–Crippen LogP) is 0.656. The van der Waals surface area contributed by atoms with E-state index in [1.165, 1.54) is 0 Å². The Morgan fingerprint density at radius 2 is 1.73 bits per heavy atom. The average molecular weight is 198 g/mol. The van der Waals surface area contributed by atoms with E-state index in [9.17, 15) is 8.42 Å². The summed E-state index contributed by atoms with van der Waals surface area (Å²) in [6, 6.07) is 0. The van der Waals surface area contributed by atoms with E-state index in [0.717, 1.165) is 0 Å². The van der Waals surface area contributed by atoms with Crippen molar-refractivity contribution in [3.05, 3.63) is 0 Å². The van der Waals surface area contributed by atoms with Crippen LogP contribution < -0.4 is 0 Å². The summed E-state index contributed by atoms with van der Waals surface area (Å²) in [7, 11) is -5.29. The molecule has 0 fully saturated rings. The molecule has 0 N–H and O–H groups in total. The molecule has 0 saturated carbocycles. The Labute approximate surface area is 69.6 Å². The Morgan fingerprint density at radius 3 is 2.00 bits per heavy atom. The van der Waals surface area contributed by atoms with Gasteiger partial charge in [-0.05, 0) is 26.9 Å². The van der Waals surface area contributed by atoms with Gasteiger partial charge in [0.2, 0.25) is 0 Å². The first kappa shape index (κ1) is 11.1. The molecule has 0 aromatic heterocycles. The molecule has 68 valence electrons. The van der Waals surface area contributed by atoms with Crippen molar-refractivity contribution in [1.29, 1.82) is 0 Å². The minimum absolute atomic E-state index is 0.354. The zero-order valence-electron chi connectivity index (χ0n) is 7.20. The lowest BCUT2D eigenvalue weighted by Gasteiger charge is -2.09. The fraction of sp³-hybridized carbons (Fsp3) is 1.00. The van der Waals surface area contributed by atoms with E-state index in [1.54, 1.807) is 26.9 Å². The molecule has 0 aliphatic heterocycles. The molecule has 0 aromatic carbocycles. The third-order valence-electron chi connectivity index (χ3n) is 0.621. The van der Waals surface area contributed by atoms with Gasteiger partial charge < -0.3 is 0 Å². The summed E-state index contributed by atoms with van der Waals surface area (Å²) < 4.78 is 30.9. The van der Waals surface area contributed by atoms with Crippen LogP contribution in [0.25, 0.3) is 0 Å². The molecule has 0 amide bonds. The largest absolute Gasteiger partial charge is 0.390 e. The summed E-state index contributed by atoms with van der Waals surface area (Å²) in [6.45, 7) is 6.81. The lowest BCUT2D eigenvalue weighted by atomic mass is 10.5. The first-order chi connectivity index (χ1) is 4.83. The summed E-state index contributed by atoms with van der Waals surface area (Å²) in [4.78, 5) is 0. The van der Waals surface area contributed by atoms with E-state index in [4.69, 9.17) is 0 Å². The van der Waals surface area contributed by atoms with E-state index in [2.05, 4.69) is 8.06 Å². The topological polar surface area (TPSA) is 52.6 Å². The van der Waals surface area contributed by atoms with Crippen LogP contribution in [0.1, 0.15) is 13.8 Å². The normalized spacial score (nSPS) is 12.9. The van der Waals surface area contributed by atoms with Crippen LogP contribution in [-0.2, 0) is 18.5 Å². The highest BCUT2D eigenvalue weighted by atomic mass is 32.3. The molecule has 0 saturated heterocycles. The van der Waals surface area contributed by atoms with Gasteiger partial charge in [0.25, 0.3) is 0 Å². The highest BCUT2D eigenvalue weighted by molar-refractivity contribution is 7.82. The molecule has 0 atom stereocenters. The van der Waals surface area contributed by atoms with Crippen LogP contribution in [0.5, 0.6) is 0 Å². The summed E-state index contributed by atoms with van der Waals surface area (Å²) in [6.07, 6.45) is -0.354. The molecule has 11 heavy (non-hydrogen) atoms. The lowest BCUT2D eigenvalue weighted by molar-refractivity contribution is 0.218. The van der Waals surface area contributed by atoms with Gasteiger partial charge in [0.05, 0.1) is 6.10 Å². The summed E-state index contributed by atoms with van der Waals surface area (Å²) in [5.41, 5.74) is 0. The molecule has 0 unspecified atom stereocenters. The standard InChI is InChI=1S/C5H14O4SSi/c1-5(2)8-10(6,7)9-11(3)4/h5,11H,1-4H3. The third kappa shape index (κ3) is 6.48. The predicted molar refractivity (Wildman–Crippen MR) is 45.1 cm³/mol. The first-order valence-electron chi connectivity index (χ1n) is 3.45. The monoisotopic (exact) mass is 198 g/mol. The van der Waals surface area contributed by atoms with Gasteiger partial charge in [-0.25, -0.2) is 4.18 Å². The van der Waals surface area contributed by atoms with Gasteiger partial charge in [0.1, 0.15) is 0 Å². The smallest absolute Gasteiger partial charge is 0.298 e. The molecule has 0 heterocycles.